The number of hydrogen-bond donors (Lipinski definition) is 0. The standard InChI is InChI=1S/C39H34P2.2BrH/c1-33(41(37-26-14-5-15-27-37,38-28-16-6-17-29-38)39-30-18-7-19-31-39)32-40(34-20-8-2-9-21-34,35-22-10-3-11-23-35)36-24-12-4-13-25-36;;/h2-31H,1,32H2;2*1H/q+2;;/p-2. The molecule has 0 atom stereocenters. The molecule has 43 heavy (non-hydrogen) atoms. The maximum absolute atomic E-state index is 5.09. The zero-order valence-electron chi connectivity index (χ0n) is 23.9. The van der Waals surface area contributed by atoms with Crippen LogP contribution in [0.25, 0.3) is 0 Å². The first-order valence-corrected chi connectivity index (χ1v) is 17.8. The molecule has 4 heteroatoms. The quantitative estimate of drug-likeness (QED) is 0.199. The molecule has 214 valence electrons. The van der Waals surface area contributed by atoms with Crippen LogP contribution in [0.15, 0.2) is 194 Å². The molecule has 0 amide bonds. The molecular weight excluding hydrogens is 690 g/mol. The molecule has 0 bridgehead atoms. The molecule has 0 N–H and O–H groups in total. The van der Waals surface area contributed by atoms with Crippen molar-refractivity contribution in [3.63, 3.8) is 0 Å². The van der Waals surface area contributed by atoms with E-state index < -0.39 is 14.5 Å². The Morgan fingerprint density at radius 1 is 0.349 bits per heavy atom. The van der Waals surface area contributed by atoms with Gasteiger partial charge in [0.2, 0.25) is 0 Å². The molecule has 6 rings (SSSR count). The molecule has 0 aliphatic rings. The molecular formula is C39H34Br2P2. The van der Waals surface area contributed by atoms with Crippen molar-refractivity contribution in [2.75, 3.05) is 6.16 Å². The van der Waals surface area contributed by atoms with Gasteiger partial charge < -0.3 is 34.0 Å². The van der Waals surface area contributed by atoms with Gasteiger partial charge in [0.05, 0.1) is 0 Å². The van der Waals surface area contributed by atoms with Crippen LogP contribution in [0.2, 0.25) is 0 Å². The van der Waals surface area contributed by atoms with E-state index in [1.165, 1.54) is 37.1 Å². The monoisotopic (exact) mass is 722 g/mol. The minimum absolute atomic E-state index is 0. The fraction of sp³-hybridized carbons (Fsp3) is 0.0256. The summed E-state index contributed by atoms with van der Waals surface area (Å²) in [6.45, 7) is 5.09. The van der Waals surface area contributed by atoms with E-state index in [0.29, 0.717) is 0 Å². The Kier molecular flexibility index (Phi) is 11.5. The van der Waals surface area contributed by atoms with E-state index in [2.05, 4.69) is 182 Å². The Morgan fingerprint density at radius 3 is 0.791 bits per heavy atom. The Balaban J connectivity index is 0.00000212. The predicted octanol–water partition coefficient (Wildman–Crippen LogP) is 1.50. The lowest BCUT2D eigenvalue weighted by Gasteiger charge is -2.33. The molecule has 0 spiro atoms. The van der Waals surface area contributed by atoms with E-state index >= 15 is 0 Å². The highest BCUT2D eigenvalue weighted by molar-refractivity contribution is 8.01. The van der Waals surface area contributed by atoms with Crippen LogP contribution in [-0.4, -0.2) is 6.16 Å². The van der Waals surface area contributed by atoms with Crippen molar-refractivity contribution in [2.45, 2.75) is 0 Å². The molecule has 0 heterocycles. The van der Waals surface area contributed by atoms with Gasteiger partial charge in [-0.2, -0.15) is 0 Å². The first kappa shape index (κ1) is 32.8. The second-order valence-electron chi connectivity index (χ2n) is 10.2. The molecule has 0 nitrogen and oxygen atoms in total. The van der Waals surface area contributed by atoms with Crippen LogP contribution in [0.3, 0.4) is 0 Å². The molecule has 6 aromatic rings. The van der Waals surface area contributed by atoms with Gasteiger partial charge in [-0.15, -0.1) is 0 Å². The van der Waals surface area contributed by atoms with Crippen molar-refractivity contribution < 1.29 is 34.0 Å². The summed E-state index contributed by atoms with van der Waals surface area (Å²) in [4.78, 5) is 0. The number of rotatable bonds is 9. The third kappa shape index (κ3) is 6.26. The lowest BCUT2D eigenvalue weighted by molar-refractivity contribution is -0.001000. The van der Waals surface area contributed by atoms with Crippen molar-refractivity contribution in [3.05, 3.63) is 194 Å². The number of benzene rings is 6. The van der Waals surface area contributed by atoms with Gasteiger partial charge in [-0.05, 0) is 72.8 Å². The molecule has 0 aliphatic carbocycles. The molecule has 0 aromatic heterocycles. The fourth-order valence-electron chi connectivity index (χ4n) is 6.10. The normalized spacial score (nSPS) is 11.1. The zero-order chi connectivity index (χ0) is 28.0. The van der Waals surface area contributed by atoms with E-state index in [4.69, 9.17) is 6.58 Å². The van der Waals surface area contributed by atoms with Gasteiger partial charge in [0.15, 0.2) is 0 Å². The molecule has 0 radical (unpaired) electrons. The van der Waals surface area contributed by atoms with Gasteiger partial charge in [-0.1, -0.05) is 116 Å². The van der Waals surface area contributed by atoms with Crippen LogP contribution in [0.4, 0.5) is 0 Å². The number of hydrogen-bond acceptors (Lipinski definition) is 0. The Morgan fingerprint density at radius 2 is 0.558 bits per heavy atom. The van der Waals surface area contributed by atoms with Gasteiger partial charge in [-0.3, -0.25) is 0 Å². The topological polar surface area (TPSA) is 0 Å². The molecule has 0 aliphatic heterocycles. The molecule has 6 aromatic carbocycles. The maximum atomic E-state index is 5.09. The highest BCUT2D eigenvalue weighted by Crippen LogP contribution is 2.68. The SMILES string of the molecule is C=C(C[P+](c1ccccc1)(c1ccccc1)c1ccccc1)[P+](c1ccccc1)(c1ccccc1)c1ccccc1.[Br-].[Br-]. The lowest BCUT2D eigenvalue weighted by atomic mass is 10.3. The van der Waals surface area contributed by atoms with Crippen LogP contribution < -0.4 is 65.8 Å². The van der Waals surface area contributed by atoms with Crippen molar-refractivity contribution in [2.24, 2.45) is 0 Å². The summed E-state index contributed by atoms with van der Waals surface area (Å²) < 4.78 is 0. The van der Waals surface area contributed by atoms with E-state index in [0.717, 1.165) is 6.16 Å². The van der Waals surface area contributed by atoms with Crippen molar-refractivity contribution in [3.8, 4) is 0 Å². The highest BCUT2D eigenvalue weighted by atomic mass is 79.9. The van der Waals surface area contributed by atoms with E-state index in [1.807, 2.05) is 0 Å². The summed E-state index contributed by atoms with van der Waals surface area (Å²) in [7, 11) is -4.41. The van der Waals surface area contributed by atoms with Gasteiger partial charge >= 0.3 is 0 Å². The second-order valence-corrected chi connectivity index (χ2v) is 17.2. The molecule has 0 saturated carbocycles. The van der Waals surface area contributed by atoms with Gasteiger partial charge in [0.1, 0.15) is 57.8 Å². The third-order valence-electron chi connectivity index (χ3n) is 7.92. The van der Waals surface area contributed by atoms with E-state index in [9.17, 15) is 0 Å². The summed E-state index contributed by atoms with van der Waals surface area (Å²) >= 11 is 0. The van der Waals surface area contributed by atoms with Crippen LogP contribution in [0, 0.1) is 0 Å². The van der Waals surface area contributed by atoms with Crippen molar-refractivity contribution in [1.29, 1.82) is 0 Å². The van der Waals surface area contributed by atoms with Crippen LogP contribution in [-0.2, 0) is 0 Å². The zero-order valence-corrected chi connectivity index (χ0v) is 28.8. The molecule has 0 unspecified atom stereocenters. The fourth-order valence-corrected chi connectivity index (χ4v) is 15.5. The minimum Gasteiger partial charge on any atom is -1.00 e. The number of allylic oxidation sites excluding steroid dienone is 1. The number of halogens is 2. The predicted molar refractivity (Wildman–Crippen MR) is 184 cm³/mol. The third-order valence-corrected chi connectivity index (χ3v) is 16.9. The molecule has 0 saturated heterocycles. The van der Waals surface area contributed by atoms with Crippen molar-refractivity contribution in [1.82, 2.24) is 0 Å². The smallest absolute Gasteiger partial charge is 0.143 e. The summed E-state index contributed by atoms with van der Waals surface area (Å²) in [6.07, 6.45) is 0.873. The Bertz CT molecular complexity index is 1500. The Labute approximate surface area is 278 Å². The van der Waals surface area contributed by atoms with Gasteiger partial charge in [0.25, 0.3) is 0 Å². The van der Waals surface area contributed by atoms with Crippen LogP contribution in [0.1, 0.15) is 0 Å². The van der Waals surface area contributed by atoms with Crippen molar-refractivity contribution >= 4 is 46.4 Å². The summed E-state index contributed by atoms with van der Waals surface area (Å²) in [5.41, 5.74) is 0. The Hall–Kier alpha value is -3.12. The van der Waals surface area contributed by atoms with Gasteiger partial charge in [0, 0.05) is 0 Å². The first-order valence-electron chi connectivity index (χ1n) is 14.1. The van der Waals surface area contributed by atoms with Crippen LogP contribution in [0.5, 0.6) is 0 Å². The largest absolute Gasteiger partial charge is 1.00 e. The van der Waals surface area contributed by atoms with E-state index in [-0.39, 0.29) is 34.0 Å². The van der Waals surface area contributed by atoms with Crippen LogP contribution >= 0.6 is 14.5 Å². The highest BCUT2D eigenvalue weighted by Gasteiger charge is 2.55. The minimum atomic E-state index is -2.27. The summed E-state index contributed by atoms with van der Waals surface area (Å²) in [5.74, 6) is 0. The average molecular weight is 724 g/mol. The maximum Gasteiger partial charge on any atom is 0.143 e. The second kappa shape index (κ2) is 15.1. The summed E-state index contributed by atoms with van der Waals surface area (Å²) in [5, 5.41) is 9.47. The average Bonchev–Trinajstić information content (AvgIpc) is 3.07. The van der Waals surface area contributed by atoms with E-state index in [1.54, 1.807) is 0 Å². The lowest BCUT2D eigenvalue weighted by Crippen LogP contribution is -3.00. The first-order chi connectivity index (χ1) is 20.3. The summed E-state index contributed by atoms with van der Waals surface area (Å²) in [6, 6.07) is 66.8. The molecule has 0 fully saturated rings. The van der Waals surface area contributed by atoms with Gasteiger partial charge in [-0.25, -0.2) is 0 Å².